The lowest BCUT2D eigenvalue weighted by atomic mass is 10.2. The van der Waals surface area contributed by atoms with Gasteiger partial charge in [0.1, 0.15) is 0 Å². The van der Waals surface area contributed by atoms with Gasteiger partial charge in [0.15, 0.2) is 0 Å². The van der Waals surface area contributed by atoms with Crippen molar-refractivity contribution in [3.05, 3.63) is 35.9 Å². The molecule has 1 fully saturated rings. The lowest BCUT2D eigenvalue weighted by molar-refractivity contribution is 1.06. The average Bonchev–Trinajstić information content (AvgIpc) is 2.85. The summed E-state index contributed by atoms with van der Waals surface area (Å²) in [5, 5.41) is 0. The zero-order valence-electron chi connectivity index (χ0n) is 7.62. The molecule has 0 amide bonds. The van der Waals surface area contributed by atoms with Gasteiger partial charge < -0.3 is 0 Å². The molecule has 0 aliphatic heterocycles. The van der Waals surface area contributed by atoms with Crippen molar-refractivity contribution >= 4 is 28.2 Å². The quantitative estimate of drug-likeness (QED) is 0.680. The first-order valence-electron chi connectivity index (χ1n) is 4.48. The molecule has 0 aromatic heterocycles. The monoisotopic (exact) mass is 208 g/mol. The molecular weight excluding hydrogens is 196 g/mol. The minimum Gasteiger partial charge on any atom is -0.107 e. The van der Waals surface area contributed by atoms with E-state index in [0.717, 1.165) is 4.20 Å². The minimum atomic E-state index is 0.451. The Bertz CT molecular complexity index is 312. The maximum Gasteiger partial charge on any atom is 0.0783 e. The molecule has 0 atom stereocenters. The van der Waals surface area contributed by atoms with Gasteiger partial charge in [0, 0.05) is 4.75 Å². The lowest BCUT2D eigenvalue weighted by Crippen LogP contribution is -2.01. The molecule has 0 N–H and O–H groups in total. The predicted octanol–water partition coefficient (Wildman–Crippen LogP) is 3.65. The van der Waals surface area contributed by atoms with Crippen molar-refractivity contribution in [1.82, 2.24) is 0 Å². The summed E-state index contributed by atoms with van der Waals surface area (Å²) >= 11 is 7.22. The van der Waals surface area contributed by atoms with Crippen LogP contribution in [0.15, 0.2) is 30.3 Å². The molecule has 0 spiro atoms. The first kappa shape index (κ1) is 9.22. The van der Waals surface area contributed by atoms with Crippen LogP contribution in [-0.2, 0) is 0 Å². The van der Waals surface area contributed by atoms with E-state index in [1.54, 1.807) is 0 Å². The van der Waals surface area contributed by atoms with Crippen LogP contribution in [0.2, 0.25) is 0 Å². The topological polar surface area (TPSA) is 0 Å². The molecule has 2 heteroatoms. The summed E-state index contributed by atoms with van der Waals surface area (Å²) in [6.45, 7) is 2.28. The number of rotatable bonds is 2. The van der Waals surface area contributed by atoms with Crippen LogP contribution in [0.1, 0.15) is 25.3 Å². The van der Waals surface area contributed by atoms with Gasteiger partial charge in [-0.25, -0.2) is 0 Å². The van der Waals surface area contributed by atoms with Crippen LogP contribution in [0.5, 0.6) is 0 Å². The van der Waals surface area contributed by atoms with Crippen molar-refractivity contribution in [2.75, 3.05) is 0 Å². The van der Waals surface area contributed by atoms with Crippen LogP contribution in [0.3, 0.4) is 0 Å². The van der Waals surface area contributed by atoms with Crippen LogP contribution in [0.4, 0.5) is 0 Å². The van der Waals surface area contributed by atoms with E-state index in [1.807, 2.05) is 30.0 Å². The highest BCUT2D eigenvalue weighted by molar-refractivity contribution is 8.24. The Balaban J connectivity index is 2.06. The van der Waals surface area contributed by atoms with Gasteiger partial charge in [0.25, 0.3) is 0 Å². The van der Waals surface area contributed by atoms with E-state index in [9.17, 15) is 0 Å². The van der Waals surface area contributed by atoms with Crippen LogP contribution < -0.4 is 0 Å². The summed E-state index contributed by atoms with van der Waals surface area (Å²) in [6.07, 6.45) is 2.62. The Morgan fingerprint density at radius 3 is 2.46 bits per heavy atom. The molecule has 0 bridgehead atoms. The number of hydrogen-bond acceptors (Lipinski definition) is 2. The maximum atomic E-state index is 5.37. The van der Waals surface area contributed by atoms with E-state index < -0.39 is 0 Å². The summed E-state index contributed by atoms with van der Waals surface area (Å²) in [7, 11) is 0. The fraction of sp³-hybridized carbons (Fsp3) is 0.364. The summed E-state index contributed by atoms with van der Waals surface area (Å²) in [6, 6.07) is 10.3. The van der Waals surface area contributed by atoms with Crippen molar-refractivity contribution in [2.45, 2.75) is 24.5 Å². The average molecular weight is 208 g/mol. The Hall–Kier alpha value is -0.340. The highest BCUT2D eigenvalue weighted by Gasteiger charge is 2.39. The molecule has 1 aromatic rings. The second-order valence-electron chi connectivity index (χ2n) is 3.71. The molecule has 1 saturated carbocycles. The molecule has 2 rings (SSSR count). The van der Waals surface area contributed by atoms with Gasteiger partial charge >= 0.3 is 0 Å². The third-order valence-electron chi connectivity index (χ3n) is 2.30. The minimum absolute atomic E-state index is 0.451. The van der Waals surface area contributed by atoms with Crippen LogP contribution in [-0.4, -0.2) is 8.94 Å². The van der Waals surface area contributed by atoms with Gasteiger partial charge in [0.2, 0.25) is 0 Å². The Labute approximate surface area is 88.7 Å². The number of benzene rings is 1. The first-order valence-corrected chi connectivity index (χ1v) is 5.70. The summed E-state index contributed by atoms with van der Waals surface area (Å²) in [5.41, 5.74) is 1.19. The van der Waals surface area contributed by atoms with Crippen molar-refractivity contribution in [1.29, 1.82) is 0 Å². The van der Waals surface area contributed by atoms with Gasteiger partial charge in [-0.3, -0.25) is 0 Å². The molecule has 0 heterocycles. The summed E-state index contributed by atoms with van der Waals surface area (Å²) in [4.78, 5) is 0. The molecule has 0 unspecified atom stereocenters. The summed E-state index contributed by atoms with van der Waals surface area (Å²) < 4.78 is 1.49. The van der Waals surface area contributed by atoms with E-state index >= 15 is 0 Å². The lowest BCUT2D eigenvalue weighted by Gasteiger charge is -2.08. The Morgan fingerprint density at radius 1 is 1.31 bits per heavy atom. The van der Waals surface area contributed by atoms with Gasteiger partial charge in [-0.2, -0.15) is 0 Å². The fourth-order valence-corrected chi connectivity index (χ4v) is 2.88. The van der Waals surface area contributed by atoms with E-state index in [2.05, 4.69) is 19.1 Å². The SMILES string of the molecule is CC1(SC(=S)c2ccccc2)CC1. The van der Waals surface area contributed by atoms with Crippen molar-refractivity contribution in [2.24, 2.45) is 0 Å². The molecule has 1 aliphatic carbocycles. The van der Waals surface area contributed by atoms with Crippen molar-refractivity contribution in [3.63, 3.8) is 0 Å². The number of hydrogen-bond donors (Lipinski definition) is 0. The molecule has 0 radical (unpaired) electrons. The first-order chi connectivity index (χ1) is 6.20. The Morgan fingerprint density at radius 2 is 1.92 bits per heavy atom. The molecule has 1 aliphatic rings. The van der Waals surface area contributed by atoms with Gasteiger partial charge in [-0.15, -0.1) is 11.8 Å². The predicted molar refractivity (Wildman–Crippen MR) is 63.4 cm³/mol. The third kappa shape index (κ3) is 2.32. The zero-order chi connectivity index (χ0) is 9.31. The molecule has 68 valence electrons. The van der Waals surface area contributed by atoms with Crippen molar-refractivity contribution < 1.29 is 0 Å². The molecular formula is C11H12S2. The molecule has 0 saturated heterocycles. The Kier molecular flexibility index (Phi) is 2.43. The second kappa shape index (κ2) is 3.43. The number of thioether (sulfide) groups is 1. The van der Waals surface area contributed by atoms with E-state index in [-0.39, 0.29) is 0 Å². The normalized spacial score (nSPS) is 18.2. The molecule has 0 nitrogen and oxygen atoms in total. The highest BCUT2D eigenvalue weighted by atomic mass is 32.2. The van der Waals surface area contributed by atoms with Crippen LogP contribution in [0.25, 0.3) is 0 Å². The third-order valence-corrected chi connectivity index (χ3v) is 4.11. The standard InChI is InChI=1S/C11H12S2/c1-11(7-8-11)13-10(12)9-5-3-2-4-6-9/h2-6H,7-8H2,1H3. The second-order valence-corrected chi connectivity index (χ2v) is 5.97. The molecule has 1 aromatic carbocycles. The smallest absolute Gasteiger partial charge is 0.0783 e. The molecule has 13 heavy (non-hydrogen) atoms. The van der Waals surface area contributed by atoms with Crippen LogP contribution in [0, 0.1) is 0 Å². The van der Waals surface area contributed by atoms with E-state index in [4.69, 9.17) is 12.2 Å². The largest absolute Gasteiger partial charge is 0.107 e. The summed E-state index contributed by atoms with van der Waals surface area (Å²) in [5.74, 6) is 0. The van der Waals surface area contributed by atoms with Crippen molar-refractivity contribution in [3.8, 4) is 0 Å². The van der Waals surface area contributed by atoms with Gasteiger partial charge in [0.05, 0.1) is 4.20 Å². The van der Waals surface area contributed by atoms with Gasteiger partial charge in [-0.05, 0) is 18.4 Å². The van der Waals surface area contributed by atoms with Gasteiger partial charge in [-0.1, -0.05) is 49.5 Å². The zero-order valence-corrected chi connectivity index (χ0v) is 9.25. The highest BCUT2D eigenvalue weighted by Crippen LogP contribution is 2.49. The van der Waals surface area contributed by atoms with E-state index in [1.165, 1.54) is 18.4 Å². The number of thiocarbonyl (C=S) groups is 1. The maximum absolute atomic E-state index is 5.37. The van der Waals surface area contributed by atoms with Crippen LogP contribution >= 0.6 is 24.0 Å². The van der Waals surface area contributed by atoms with E-state index in [0.29, 0.717) is 4.75 Å². The fourth-order valence-electron chi connectivity index (χ4n) is 1.14.